The predicted octanol–water partition coefficient (Wildman–Crippen LogP) is 3.12. The third kappa shape index (κ3) is 5.16. The van der Waals surface area contributed by atoms with Gasteiger partial charge in [0.1, 0.15) is 6.61 Å². The van der Waals surface area contributed by atoms with Gasteiger partial charge >= 0.3 is 5.97 Å². The van der Waals surface area contributed by atoms with Crippen LogP contribution in [-0.4, -0.2) is 34.8 Å². The van der Waals surface area contributed by atoms with Gasteiger partial charge in [-0.15, -0.1) is 0 Å². The predicted molar refractivity (Wildman–Crippen MR) is 102 cm³/mol. The number of carbonyl (C=O) groups is 2. The molecular formula is C21H22N2O5. The Balaban J connectivity index is 1.51. The van der Waals surface area contributed by atoms with Gasteiger partial charge in [0.15, 0.2) is 0 Å². The molecule has 0 radical (unpaired) electrons. The Morgan fingerprint density at radius 2 is 1.79 bits per heavy atom. The van der Waals surface area contributed by atoms with Gasteiger partial charge in [0.05, 0.1) is 17.3 Å². The molecule has 1 heterocycles. The second-order valence-electron chi connectivity index (χ2n) is 6.87. The van der Waals surface area contributed by atoms with E-state index in [4.69, 9.17) is 4.74 Å². The van der Waals surface area contributed by atoms with Crippen LogP contribution in [-0.2, 0) is 27.4 Å². The van der Waals surface area contributed by atoms with Gasteiger partial charge in [-0.2, -0.15) is 0 Å². The molecule has 0 N–H and O–H groups in total. The fraction of sp³-hybridized carbons (Fsp3) is 0.333. The smallest absolute Gasteiger partial charge is 0.311 e. The van der Waals surface area contributed by atoms with Crippen LogP contribution in [0.15, 0.2) is 54.6 Å². The lowest BCUT2D eigenvalue weighted by molar-refractivity contribution is -0.384. The molecule has 28 heavy (non-hydrogen) atoms. The lowest BCUT2D eigenvalue weighted by Crippen LogP contribution is -2.43. The van der Waals surface area contributed by atoms with Gasteiger partial charge in [-0.1, -0.05) is 30.3 Å². The first-order valence-electron chi connectivity index (χ1n) is 9.24. The van der Waals surface area contributed by atoms with Crippen molar-refractivity contribution in [1.29, 1.82) is 0 Å². The molecule has 0 spiro atoms. The molecule has 1 saturated heterocycles. The topological polar surface area (TPSA) is 89.8 Å². The number of carbonyl (C=O) groups excluding carboxylic acids is 2. The molecule has 0 aliphatic carbocycles. The zero-order valence-electron chi connectivity index (χ0n) is 15.5. The van der Waals surface area contributed by atoms with E-state index in [1.807, 2.05) is 30.3 Å². The Hall–Kier alpha value is -3.22. The molecular weight excluding hydrogens is 360 g/mol. The monoisotopic (exact) mass is 382 g/mol. The Kier molecular flexibility index (Phi) is 6.37. The second kappa shape index (κ2) is 9.12. The highest BCUT2D eigenvalue weighted by atomic mass is 16.6. The average molecular weight is 382 g/mol. The van der Waals surface area contributed by atoms with Crippen molar-refractivity contribution in [2.75, 3.05) is 13.1 Å². The number of amides is 1. The fourth-order valence-electron chi connectivity index (χ4n) is 3.26. The summed E-state index contributed by atoms with van der Waals surface area (Å²) in [6, 6.07) is 15.4. The number of non-ortho nitro benzene ring substituents is 1. The lowest BCUT2D eigenvalue weighted by Gasteiger charge is -2.31. The van der Waals surface area contributed by atoms with Gasteiger partial charge < -0.3 is 9.64 Å². The number of likely N-dealkylation sites (tertiary alicyclic amines) is 1. The Morgan fingerprint density at radius 3 is 2.46 bits per heavy atom. The van der Waals surface area contributed by atoms with Gasteiger partial charge in [-0.05, 0) is 36.1 Å². The van der Waals surface area contributed by atoms with E-state index >= 15 is 0 Å². The van der Waals surface area contributed by atoms with Crippen molar-refractivity contribution in [3.05, 3.63) is 75.8 Å². The molecule has 7 heteroatoms. The summed E-state index contributed by atoms with van der Waals surface area (Å²) in [5.74, 6) is -0.666. The number of benzene rings is 2. The highest BCUT2D eigenvalue weighted by Gasteiger charge is 2.29. The summed E-state index contributed by atoms with van der Waals surface area (Å²) in [5, 5.41) is 10.7. The van der Waals surface area contributed by atoms with E-state index in [0.717, 1.165) is 12.0 Å². The molecule has 1 aliphatic rings. The van der Waals surface area contributed by atoms with Crippen LogP contribution in [0.3, 0.4) is 0 Å². The van der Waals surface area contributed by atoms with Crippen LogP contribution in [0.25, 0.3) is 0 Å². The Bertz CT molecular complexity index is 836. The van der Waals surface area contributed by atoms with E-state index in [0.29, 0.717) is 31.5 Å². The van der Waals surface area contributed by atoms with Crippen LogP contribution in [0.4, 0.5) is 5.69 Å². The molecule has 3 rings (SSSR count). The van der Waals surface area contributed by atoms with Crippen LogP contribution >= 0.6 is 0 Å². The summed E-state index contributed by atoms with van der Waals surface area (Å²) in [6.07, 6.45) is 1.78. The standard InChI is InChI=1S/C21H22N2O5/c24-20(13-16-5-2-1-3-6-16)22-12-4-7-18(14-22)21(25)28-15-17-8-10-19(11-9-17)23(26)27/h1-3,5-6,8-11,18H,4,7,12-15H2. The molecule has 0 bridgehead atoms. The van der Waals surface area contributed by atoms with Gasteiger partial charge in [0.2, 0.25) is 5.91 Å². The van der Waals surface area contributed by atoms with Crippen LogP contribution < -0.4 is 0 Å². The zero-order chi connectivity index (χ0) is 19.9. The first kappa shape index (κ1) is 19.5. The van der Waals surface area contributed by atoms with Crippen LogP contribution in [0.1, 0.15) is 24.0 Å². The number of ether oxygens (including phenoxy) is 1. The van der Waals surface area contributed by atoms with E-state index in [1.54, 1.807) is 17.0 Å². The summed E-state index contributed by atoms with van der Waals surface area (Å²) in [6.45, 7) is 1.08. The number of rotatable bonds is 6. The van der Waals surface area contributed by atoms with Crippen molar-refractivity contribution in [2.24, 2.45) is 5.92 Å². The molecule has 1 atom stereocenters. The number of hydrogen-bond acceptors (Lipinski definition) is 5. The van der Waals surface area contributed by atoms with E-state index < -0.39 is 4.92 Å². The maximum atomic E-state index is 12.5. The van der Waals surface area contributed by atoms with Gasteiger partial charge in [0.25, 0.3) is 5.69 Å². The van der Waals surface area contributed by atoms with Crippen LogP contribution in [0.5, 0.6) is 0 Å². The number of piperidine rings is 1. The van der Waals surface area contributed by atoms with Crippen molar-refractivity contribution in [3.63, 3.8) is 0 Å². The summed E-state index contributed by atoms with van der Waals surface area (Å²) < 4.78 is 5.37. The van der Waals surface area contributed by atoms with Crippen molar-refractivity contribution < 1.29 is 19.2 Å². The first-order chi connectivity index (χ1) is 13.5. The number of nitro groups is 1. The normalized spacial score (nSPS) is 16.4. The fourth-order valence-corrected chi connectivity index (χ4v) is 3.26. The highest BCUT2D eigenvalue weighted by Crippen LogP contribution is 2.20. The number of hydrogen-bond donors (Lipinski definition) is 0. The number of esters is 1. The number of nitrogens with zero attached hydrogens (tertiary/aromatic N) is 2. The van der Waals surface area contributed by atoms with Gasteiger partial charge in [-0.25, -0.2) is 0 Å². The van der Waals surface area contributed by atoms with Crippen LogP contribution in [0.2, 0.25) is 0 Å². The molecule has 1 amide bonds. The molecule has 1 fully saturated rings. The van der Waals surface area contributed by atoms with E-state index in [2.05, 4.69) is 0 Å². The molecule has 146 valence electrons. The highest BCUT2D eigenvalue weighted by molar-refractivity contribution is 5.80. The van der Waals surface area contributed by atoms with Gasteiger partial charge in [0, 0.05) is 25.2 Å². The molecule has 2 aromatic carbocycles. The van der Waals surface area contributed by atoms with E-state index in [1.165, 1.54) is 12.1 Å². The van der Waals surface area contributed by atoms with Crippen LogP contribution in [0, 0.1) is 16.0 Å². The van der Waals surface area contributed by atoms with Crippen molar-refractivity contribution in [2.45, 2.75) is 25.9 Å². The average Bonchev–Trinajstić information content (AvgIpc) is 2.73. The summed E-state index contributed by atoms with van der Waals surface area (Å²) in [4.78, 5) is 36.9. The third-order valence-electron chi connectivity index (χ3n) is 4.83. The lowest BCUT2D eigenvalue weighted by atomic mass is 9.97. The minimum absolute atomic E-state index is 0.00470. The largest absolute Gasteiger partial charge is 0.461 e. The Labute approximate surface area is 163 Å². The Morgan fingerprint density at radius 1 is 1.07 bits per heavy atom. The first-order valence-corrected chi connectivity index (χ1v) is 9.24. The van der Waals surface area contributed by atoms with Crippen molar-refractivity contribution in [3.8, 4) is 0 Å². The second-order valence-corrected chi connectivity index (χ2v) is 6.87. The summed E-state index contributed by atoms with van der Waals surface area (Å²) in [5.41, 5.74) is 1.64. The molecule has 0 aromatic heterocycles. The zero-order valence-corrected chi connectivity index (χ0v) is 15.5. The molecule has 1 aliphatic heterocycles. The molecule has 2 aromatic rings. The third-order valence-corrected chi connectivity index (χ3v) is 4.83. The summed E-state index contributed by atoms with van der Waals surface area (Å²) in [7, 11) is 0. The van der Waals surface area contributed by atoms with Crippen molar-refractivity contribution >= 4 is 17.6 Å². The summed E-state index contributed by atoms with van der Waals surface area (Å²) >= 11 is 0. The SMILES string of the molecule is O=C(OCc1ccc([N+](=O)[O-])cc1)C1CCCN(C(=O)Cc2ccccc2)C1. The molecule has 1 unspecified atom stereocenters. The maximum absolute atomic E-state index is 12.5. The molecule has 7 nitrogen and oxygen atoms in total. The number of nitro benzene ring substituents is 1. The van der Waals surface area contributed by atoms with Crippen molar-refractivity contribution in [1.82, 2.24) is 4.90 Å². The minimum Gasteiger partial charge on any atom is -0.461 e. The van der Waals surface area contributed by atoms with E-state index in [9.17, 15) is 19.7 Å². The quantitative estimate of drug-likeness (QED) is 0.435. The molecule has 0 saturated carbocycles. The maximum Gasteiger partial charge on any atom is 0.311 e. The minimum atomic E-state index is -0.473. The van der Waals surface area contributed by atoms with Gasteiger partial charge in [-0.3, -0.25) is 19.7 Å². The van der Waals surface area contributed by atoms with E-state index in [-0.39, 0.29) is 30.1 Å².